The number of nitrogens with zero attached hydrogens (tertiary/aromatic N) is 1. The maximum Gasteiger partial charge on any atom is 0.416 e. The maximum atomic E-state index is 12.8. The second kappa shape index (κ2) is 13.0. The number of carbonyl (C=O) groups is 2. The van der Waals surface area contributed by atoms with Gasteiger partial charge in [0.15, 0.2) is 11.5 Å². The van der Waals surface area contributed by atoms with Crippen molar-refractivity contribution in [3.63, 3.8) is 0 Å². The third-order valence-electron chi connectivity index (χ3n) is 4.27. The summed E-state index contributed by atoms with van der Waals surface area (Å²) in [6, 6.07) is 7.57. The van der Waals surface area contributed by atoms with Crippen molar-refractivity contribution in [3.05, 3.63) is 52.0 Å². The largest absolute Gasteiger partial charge is 0.490 e. The van der Waals surface area contributed by atoms with Crippen molar-refractivity contribution in [3.8, 4) is 11.5 Å². The van der Waals surface area contributed by atoms with E-state index in [1.807, 2.05) is 6.92 Å². The first-order chi connectivity index (χ1) is 16.1. The van der Waals surface area contributed by atoms with Gasteiger partial charge in [-0.3, -0.25) is 9.59 Å². The zero-order valence-electron chi connectivity index (χ0n) is 18.7. The van der Waals surface area contributed by atoms with Crippen LogP contribution >= 0.6 is 15.9 Å². The van der Waals surface area contributed by atoms with Crippen molar-refractivity contribution >= 4 is 39.6 Å². The number of halogens is 4. The number of benzene rings is 2. The molecular formula is C23H25BrF3N3O4. The van der Waals surface area contributed by atoms with E-state index in [1.165, 1.54) is 12.3 Å². The predicted octanol–water partition coefficient (Wildman–Crippen LogP) is 5.52. The molecule has 0 saturated heterocycles. The molecule has 2 N–H and O–H groups in total. The van der Waals surface area contributed by atoms with Crippen molar-refractivity contribution in [2.24, 2.45) is 5.10 Å². The Bertz CT molecular complexity index is 1030. The first kappa shape index (κ1) is 27.2. The van der Waals surface area contributed by atoms with Gasteiger partial charge in [-0.1, -0.05) is 19.4 Å². The highest BCUT2D eigenvalue weighted by atomic mass is 79.9. The number of carbonyl (C=O) groups excluding carboxylic acids is 2. The fraction of sp³-hybridized carbons (Fsp3) is 0.348. The number of nitrogens with one attached hydrogen (secondary N) is 2. The van der Waals surface area contributed by atoms with Gasteiger partial charge in [0.1, 0.15) is 6.42 Å². The number of hydrogen-bond donors (Lipinski definition) is 2. The quantitative estimate of drug-likeness (QED) is 0.169. The molecule has 0 fully saturated rings. The summed E-state index contributed by atoms with van der Waals surface area (Å²) in [5, 5.41) is 6.09. The number of hydrogen-bond acceptors (Lipinski definition) is 5. The van der Waals surface area contributed by atoms with Crippen LogP contribution in [0, 0.1) is 0 Å². The summed E-state index contributed by atoms with van der Waals surface area (Å²) < 4.78 is 50.4. The monoisotopic (exact) mass is 543 g/mol. The summed E-state index contributed by atoms with van der Waals surface area (Å²) in [5.41, 5.74) is 1.85. The predicted molar refractivity (Wildman–Crippen MR) is 126 cm³/mol. The zero-order valence-corrected chi connectivity index (χ0v) is 20.3. The van der Waals surface area contributed by atoms with Crippen LogP contribution in [0.15, 0.2) is 46.0 Å². The molecule has 0 aliphatic heterocycles. The van der Waals surface area contributed by atoms with Crippen LogP contribution < -0.4 is 20.2 Å². The van der Waals surface area contributed by atoms with Gasteiger partial charge in [-0.2, -0.15) is 18.3 Å². The normalized spacial score (nSPS) is 11.4. The van der Waals surface area contributed by atoms with Crippen LogP contribution in [-0.2, 0) is 15.8 Å². The van der Waals surface area contributed by atoms with E-state index in [0.29, 0.717) is 34.7 Å². The molecule has 2 rings (SSSR count). The number of amides is 2. The number of hydrazone groups is 1. The molecule has 11 heteroatoms. The van der Waals surface area contributed by atoms with Crippen molar-refractivity contribution in [1.82, 2.24) is 5.43 Å². The Morgan fingerprint density at radius 2 is 1.88 bits per heavy atom. The fourth-order valence-corrected chi connectivity index (χ4v) is 3.30. The van der Waals surface area contributed by atoms with Crippen molar-refractivity contribution in [2.75, 3.05) is 18.5 Å². The third kappa shape index (κ3) is 8.69. The Kier molecular flexibility index (Phi) is 10.4. The Morgan fingerprint density at radius 3 is 2.56 bits per heavy atom. The van der Waals surface area contributed by atoms with E-state index in [4.69, 9.17) is 9.47 Å². The standard InChI is InChI=1S/C23H25BrF3N3O4/c1-3-5-9-34-22-18(24)10-15(11-19(22)33-4-2)14-28-30-21(32)13-20(31)29-17-8-6-7-16(12-17)23(25,26)27/h6-8,10-12,14H,3-5,9,13H2,1-2H3,(H,29,31)(H,30,32). The lowest BCUT2D eigenvalue weighted by atomic mass is 10.2. The minimum Gasteiger partial charge on any atom is -0.490 e. The van der Waals surface area contributed by atoms with Crippen LogP contribution in [-0.4, -0.2) is 31.2 Å². The Balaban J connectivity index is 1.95. The van der Waals surface area contributed by atoms with Gasteiger partial charge in [0, 0.05) is 5.69 Å². The van der Waals surface area contributed by atoms with Gasteiger partial charge in [-0.25, -0.2) is 5.43 Å². The molecule has 7 nitrogen and oxygen atoms in total. The second-order valence-electron chi connectivity index (χ2n) is 7.06. The minimum atomic E-state index is -4.54. The van der Waals surface area contributed by atoms with Crippen molar-refractivity contribution in [2.45, 2.75) is 39.3 Å². The van der Waals surface area contributed by atoms with Gasteiger partial charge in [0.05, 0.1) is 29.5 Å². The molecule has 0 atom stereocenters. The summed E-state index contributed by atoms with van der Waals surface area (Å²) in [7, 11) is 0. The highest BCUT2D eigenvalue weighted by Crippen LogP contribution is 2.36. The Labute approximate surface area is 203 Å². The molecule has 0 spiro atoms. The van der Waals surface area contributed by atoms with E-state index >= 15 is 0 Å². The van der Waals surface area contributed by atoms with Gasteiger partial charge in [0.25, 0.3) is 0 Å². The first-order valence-corrected chi connectivity index (χ1v) is 11.3. The van der Waals surface area contributed by atoms with Gasteiger partial charge in [-0.05, 0) is 65.2 Å². The van der Waals surface area contributed by atoms with E-state index < -0.39 is 30.0 Å². The first-order valence-electron chi connectivity index (χ1n) is 10.5. The summed E-state index contributed by atoms with van der Waals surface area (Å²) in [6.45, 7) is 4.87. The molecule has 0 heterocycles. The molecule has 0 bridgehead atoms. The Morgan fingerprint density at radius 1 is 1.12 bits per heavy atom. The van der Waals surface area contributed by atoms with Crippen LogP contribution in [0.1, 0.15) is 44.2 Å². The summed E-state index contributed by atoms with van der Waals surface area (Å²) in [5.74, 6) is -0.421. The minimum absolute atomic E-state index is 0.0642. The smallest absolute Gasteiger partial charge is 0.416 e. The van der Waals surface area contributed by atoms with Gasteiger partial charge >= 0.3 is 6.18 Å². The summed E-state index contributed by atoms with van der Waals surface area (Å²) >= 11 is 3.45. The fourth-order valence-electron chi connectivity index (χ4n) is 2.73. The molecule has 0 aromatic heterocycles. The van der Waals surface area contributed by atoms with Crippen LogP contribution in [0.25, 0.3) is 0 Å². The number of unbranched alkanes of at least 4 members (excludes halogenated alkanes) is 1. The average Bonchev–Trinajstić information content (AvgIpc) is 2.75. The van der Waals surface area contributed by atoms with Gasteiger partial charge in [-0.15, -0.1) is 0 Å². The summed E-state index contributed by atoms with van der Waals surface area (Å²) in [4.78, 5) is 24.0. The van der Waals surface area contributed by atoms with E-state index in [-0.39, 0.29) is 5.69 Å². The highest BCUT2D eigenvalue weighted by Gasteiger charge is 2.30. The molecule has 0 aliphatic rings. The highest BCUT2D eigenvalue weighted by molar-refractivity contribution is 9.10. The summed E-state index contributed by atoms with van der Waals surface area (Å²) in [6.07, 6.45) is -1.90. The molecule has 0 radical (unpaired) electrons. The maximum absolute atomic E-state index is 12.8. The molecule has 2 amide bonds. The van der Waals surface area contributed by atoms with E-state index in [1.54, 1.807) is 12.1 Å². The molecule has 34 heavy (non-hydrogen) atoms. The van der Waals surface area contributed by atoms with Crippen LogP contribution in [0.5, 0.6) is 11.5 Å². The molecule has 2 aromatic rings. The lowest BCUT2D eigenvalue weighted by Gasteiger charge is -2.14. The number of rotatable bonds is 11. The molecule has 0 aliphatic carbocycles. The molecular weight excluding hydrogens is 519 g/mol. The zero-order chi connectivity index (χ0) is 25.1. The van der Waals surface area contributed by atoms with Gasteiger partial charge in [0.2, 0.25) is 11.8 Å². The van der Waals surface area contributed by atoms with Crippen molar-refractivity contribution in [1.29, 1.82) is 0 Å². The molecule has 0 unspecified atom stereocenters. The van der Waals surface area contributed by atoms with Crippen LogP contribution in [0.3, 0.4) is 0 Å². The van der Waals surface area contributed by atoms with Crippen LogP contribution in [0.2, 0.25) is 0 Å². The SMILES string of the molecule is CCCCOc1c(Br)cc(C=NNC(=O)CC(=O)Nc2cccc(C(F)(F)F)c2)cc1OCC. The number of ether oxygens (including phenoxy) is 2. The molecule has 2 aromatic carbocycles. The number of anilines is 1. The molecule has 0 saturated carbocycles. The average molecular weight is 544 g/mol. The Hall–Kier alpha value is -3.08. The molecule has 184 valence electrons. The third-order valence-corrected chi connectivity index (χ3v) is 4.86. The lowest BCUT2D eigenvalue weighted by Crippen LogP contribution is -2.24. The number of alkyl halides is 3. The van der Waals surface area contributed by atoms with E-state index in [2.05, 4.69) is 38.7 Å². The second-order valence-corrected chi connectivity index (χ2v) is 7.92. The van der Waals surface area contributed by atoms with Gasteiger partial charge < -0.3 is 14.8 Å². The lowest BCUT2D eigenvalue weighted by molar-refractivity contribution is -0.137. The topological polar surface area (TPSA) is 89.0 Å². The van der Waals surface area contributed by atoms with E-state index in [9.17, 15) is 22.8 Å². The van der Waals surface area contributed by atoms with Crippen molar-refractivity contribution < 1.29 is 32.2 Å². The van der Waals surface area contributed by atoms with E-state index in [0.717, 1.165) is 31.0 Å². The van der Waals surface area contributed by atoms with Crippen LogP contribution in [0.4, 0.5) is 18.9 Å².